The highest BCUT2D eigenvalue weighted by molar-refractivity contribution is 6.42. The molecule has 2 aromatic carbocycles. The number of amides is 1. The molecule has 0 atom stereocenters. The van der Waals surface area contributed by atoms with Crippen molar-refractivity contribution < 1.29 is 4.79 Å². The standard InChI is InChI=1S/C15H14Cl2N2O/c1-18-15(20)11-3-2-4-12(8-11)19-9-10-5-6-13(16)14(17)7-10/h2-8,19H,9H2,1H3,(H,18,20). The topological polar surface area (TPSA) is 41.1 Å². The maximum atomic E-state index is 11.6. The van der Waals surface area contributed by atoms with E-state index in [0.717, 1.165) is 11.3 Å². The first-order chi connectivity index (χ1) is 9.60. The van der Waals surface area contributed by atoms with Crippen LogP contribution < -0.4 is 10.6 Å². The fraction of sp³-hybridized carbons (Fsp3) is 0.133. The molecular formula is C15H14Cl2N2O. The third-order valence-electron chi connectivity index (χ3n) is 2.83. The lowest BCUT2D eigenvalue weighted by Crippen LogP contribution is -2.17. The van der Waals surface area contributed by atoms with E-state index in [1.807, 2.05) is 24.3 Å². The van der Waals surface area contributed by atoms with Crippen LogP contribution >= 0.6 is 23.2 Å². The quantitative estimate of drug-likeness (QED) is 0.897. The van der Waals surface area contributed by atoms with Gasteiger partial charge < -0.3 is 10.6 Å². The predicted octanol–water partition coefficient (Wildman–Crippen LogP) is 3.97. The lowest BCUT2D eigenvalue weighted by Gasteiger charge is -2.09. The summed E-state index contributed by atoms with van der Waals surface area (Å²) < 4.78 is 0. The summed E-state index contributed by atoms with van der Waals surface area (Å²) in [6.07, 6.45) is 0. The number of hydrogen-bond donors (Lipinski definition) is 2. The number of carbonyl (C=O) groups is 1. The Kier molecular flexibility index (Phi) is 4.88. The smallest absolute Gasteiger partial charge is 0.251 e. The average molecular weight is 309 g/mol. The fourth-order valence-electron chi connectivity index (χ4n) is 1.77. The zero-order chi connectivity index (χ0) is 14.5. The van der Waals surface area contributed by atoms with Crippen molar-refractivity contribution in [3.8, 4) is 0 Å². The van der Waals surface area contributed by atoms with E-state index in [0.29, 0.717) is 22.2 Å². The Balaban J connectivity index is 2.07. The van der Waals surface area contributed by atoms with Crippen molar-refractivity contribution in [2.75, 3.05) is 12.4 Å². The van der Waals surface area contributed by atoms with Gasteiger partial charge in [0.1, 0.15) is 0 Å². The van der Waals surface area contributed by atoms with Gasteiger partial charge in [-0.1, -0.05) is 35.3 Å². The molecule has 0 radical (unpaired) electrons. The molecule has 0 saturated carbocycles. The molecule has 1 amide bonds. The number of hydrogen-bond acceptors (Lipinski definition) is 2. The third-order valence-corrected chi connectivity index (χ3v) is 3.57. The van der Waals surface area contributed by atoms with Gasteiger partial charge in [-0.25, -0.2) is 0 Å². The van der Waals surface area contributed by atoms with Crippen LogP contribution in [-0.4, -0.2) is 13.0 Å². The van der Waals surface area contributed by atoms with Gasteiger partial charge in [0, 0.05) is 24.8 Å². The molecule has 0 aromatic heterocycles. The van der Waals surface area contributed by atoms with Crippen LogP contribution in [0.15, 0.2) is 42.5 Å². The molecule has 3 nitrogen and oxygen atoms in total. The van der Waals surface area contributed by atoms with Crippen LogP contribution in [-0.2, 0) is 6.54 Å². The number of benzene rings is 2. The minimum Gasteiger partial charge on any atom is -0.381 e. The maximum absolute atomic E-state index is 11.6. The summed E-state index contributed by atoms with van der Waals surface area (Å²) in [6.45, 7) is 0.605. The van der Waals surface area contributed by atoms with Gasteiger partial charge in [-0.2, -0.15) is 0 Å². The minimum absolute atomic E-state index is 0.108. The Hall–Kier alpha value is -1.71. The fourth-order valence-corrected chi connectivity index (χ4v) is 2.09. The molecule has 2 aromatic rings. The van der Waals surface area contributed by atoms with E-state index in [9.17, 15) is 4.79 Å². The minimum atomic E-state index is -0.108. The van der Waals surface area contributed by atoms with Crippen molar-refractivity contribution in [2.24, 2.45) is 0 Å². The normalized spacial score (nSPS) is 10.2. The molecule has 0 spiro atoms. The Morgan fingerprint density at radius 1 is 1.10 bits per heavy atom. The van der Waals surface area contributed by atoms with Crippen LogP contribution in [0, 0.1) is 0 Å². The third kappa shape index (κ3) is 3.65. The molecule has 0 aliphatic heterocycles. The predicted molar refractivity (Wildman–Crippen MR) is 83.6 cm³/mol. The van der Waals surface area contributed by atoms with Gasteiger partial charge in [-0.15, -0.1) is 0 Å². The summed E-state index contributed by atoms with van der Waals surface area (Å²) in [5.41, 5.74) is 2.51. The van der Waals surface area contributed by atoms with Crippen molar-refractivity contribution >= 4 is 34.8 Å². The van der Waals surface area contributed by atoms with Gasteiger partial charge in [0.25, 0.3) is 5.91 Å². The van der Waals surface area contributed by atoms with Gasteiger partial charge >= 0.3 is 0 Å². The van der Waals surface area contributed by atoms with Crippen molar-refractivity contribution in [1.82, 2.24) is 5.32 Å². The molecule has 0 aliphatic rings. The van der Waals surface area contributed by atoms with Crippen molar-refractivity contribution in [3.05, 3.63) is 63.6 Å². The molecule has 2 rings (SSSR count). The second-order valence-electron chi connectivity index (χ2n) is 4.26. The van der Waals surface area contributed by atoms with Crippen LogP contribution in [0.1, 0.15) is 15.9 Å². The van der Waals surface area contributed by atoms with Crippen LogP contribution in [0.5, 0.6) is 0 Å². The SMILES string of the molecule is CNC(=O)c1cccc(NCc2ccc(Cl)c(Cl)c2)c1. The van der Waals surface area contributed by atoms with E-state index in [4.69, 9.17) is 23.2 Å². The molecule has 0 fully saturated rings. The van der Waals surface area contributed by atoms with Crippen molar-refractivity contribution in [2.45, 2.75) is 6.54 Å². The maximum Gasteiger partial charge on any atom is 0.251 e. The van der Waals surface area contributed by atoms with E-state index in [1.165, 1.54) is 0 Å². The van der Waals surface area contributed by atoms with Gasteiger partial charge in [-0.05, 0) is 35.9 Å². The number of rotatable bonds is 4. The zero-order valence-electron chi connectivity index (χ0n) is 10.9. The number of carbonyl (C=O) groups excluding carboxylic acids is 1. The van der Waals surface area contributed by atoms with E-state index < -0.39 is 0 Å². The first-order valence-electron chi connectivity index (χ1n) is 6.10. The zero-order valence-corrected chi connectivity index (χ0v) is 12.4. The molecule has 0 saturated heterocycles. The highest BCUT2D eigenvalue weighted by Gasteiger charge is 2.04. The van der Waals surface area contributed by atoms with E-state index in [-0.39, 0.29) is 5.91 Å². The summed E-state index contributed by atoms with van der Waals surface area (Å²) in [5.74, 6) is -0.108. The number of halogens is 2. The Labute approximate surface area is 127 Å². The Morgan fingerprint density at radius 2 is 1.90 bits per heavy atom. The summed E-state index contributed by atoms with van der Waals surface area (Å²) in [4.78, 5) is 11.6. The van der Waals surface area contributed by atoms with Gasteiger partial charge in [0.15, 0.2) is 0 Å². The first-order valence-corrected chi connectivity index (χ1v) is 6.85. The van der Waals surface area contributed by atoms with Gasteiger partial charge in [-0.3, -0.25) is 4.79 Å². The first kappa shape index (κ1) is 14.7. The monoisotopic (exact) mass is 308 g/mol. The van der Waals surface area contributed by atoms with Gasteiger partial charge in [0.05, 0.1) is 10.0 Å². The van der Waals surface area contributed by atoms with Crippen molar-refractivity contribution in [1.29, 1.82) is 0 Å². The van der Waals surface area contributed by atoms with Gasteiger partial charge in [0.2, 0.25) is 0 Å². The van der Waals surface area contributed by atoms with Crippen LogP contribution in [0.2, 0.25) is 10.0 Å². The molecule has 2 N–H and O–H groups in total. The second kappa shape index (κ2) is 6.64. The summed E-state index contributed by atoms with van der Waals surface area (Å²) in [6, 6.07) is 12.8. The second-order valence-corrected chi connectivity index (χ2v) is 5.08. The van der Waals surface area contributed by atoms with Crippen molar-refractivity contribution in [3.63, 3.8) is 0 Å². The Morgan fingerprint density at radius 3 is 2.60 bits per heavy atom. The van der Waals surface area contributed by atoms with E-state index in [2.05, 4.69) is 10.6 Å². The Bertz CT molecular complexity index is 629. The van der Waals surface area contributed by atoms with Crippen LogP contribution in [0.3, 0.4) is 0 Å². The summed E-state index contributed by atoms with van der Waals surface area (Å²) in [7, 11) is 1.61. The van der Waals surface area contributed by atoms with E-state index >= 15 is 0 Å². The van der Waals surface area contributed by atoms with Crippen LogP contribution in [0.4, 0.5) is 5.69 Å². The van der Waals surface area contributed by atoms with E-state index in [1.54, 1.807) is 25.2 Å². The molecule has 104 valence electrons. The molecule has 20 heavy (non-hydrogen) atoms. The largest absolute Gasteiger partial charge is 0.381 e. The molecule has 0 aliphatic carbocycles. The molecule has 0 unspecified atom stereocenters. The lowest BCUT2D eigenvalue weighted by molar-refractivity contribution is 0.0963. The highest BCUT2D eigenvalue weighted by Crippen LogP contribution is 2.23. The number of anilines is 1. The summed E-state index contributed by atoms with van der Waals surface area (Å²) >= 11 is 11.8. The molecule has 0 heterocycles. The summed E-state index contributed by atoms with van der Waals surface area (Å²) in [5, 5.41) is 6.91. The lowest BCUT2D eigenvalue weighted by atomic mass is 10.1. The highest BCUT2D eigenvalue weighted by atomic mass is 35.5. The molecular weight excluding hydrogens is 295 g/mol. The average Bonchev–Trinajstić information content (AvgIpc) is 2.48. The molecule has 0 bridgehead atoms. The number of nitrogens with one attached hydrogen (secondary N) is 2. The molecule has 5 heteroatoms. The van der Waals surface area contributed by atoms with Crippen LogP contribution in [0.25, 0.3) is 0 Å².